The summed E-state index contributed by atoms with van der Waals surface area (Å²) in [6.45, 7) is 2.18. The summed E-state index contributed by atoms with van der Waals surface area (Å²) in [5.74, 6) is 1.58. The Morgan fingerprint density at radius 1 is 1.07 bits per heavy atom. The van der Waals surface area contributed by atoms with Gasteiger partial charge in [-0.2, -0.15) is 0 Å². The Morgan fingerprint density at radius 3 is 2.07 bits per heavy atom. The van der Waals surface area contributed by atoms with Crippen LogP contribution in [0, 0.1) is 0 Å². The van der Waals surface area contributed by atoms with Crippen molar-refractivity contribution in [2.24, 2.45) is 0 Å². The lowest BCUT2D eigenvalue weighted by Gasteiger charge is -2.02. The Morgan fingerprint density at radius 2 is 1.60 bits per heavy atom. The first-order valence-electron chi connectivity index (χ1n) is 5.82. The summed E-state index contributed by atoms with van der Waals surface area (Å²) in [7, 11) is -1.62. The van der Waals surface area contributed by atoms with Crippen LogP contribution in [-0.2, 0) is 4.79 Å². The summed E-state index contributed by atoms with van der Waals surface area (Å²) in [5.41, 5.74) is 0.0727. The van der Waals surface area contributed by atoms with Gasteiger partial charge in [0.05, 0.1) is 0 Å². The van der Waals surface area contributed by atoms with Crippen molar-refractivity contribution in [2.45, 2.75) is 58.3 Å². The van der Waals surface area contributed by atoms with Crippen molar-refractivity contribution in [3.05, 3.63) is 5.47 Å². The van der Waals surface area contributed by atoms with E-state index in [2.05, 4.69) is 6.92 Å². The Balaban J connectivity index is 3.34. The van der Waals surface area contributed by atoms with E-state index in [0.717, 1.165) is 19.3 Å². The molecule has 0 saturated heterocycles. The van der Waals surface area contributed by atoms with E-state index >= 15 is 0 Å². The summed E-state index contributed by atoms with van der Waals surface area (Å²) < 4.78 is 0. The van der Waals surface area contributed by atoms with E-state index in [0.29, 0.717) is 6.42 Å². The number of hydrogen-bond acceptors (Lipinski definition) is 3. The van der Waals surface area contributed by atoms with Gasteiger partial charge in [-0.1, -0.05) is 45.4 Å². The number of unbranched alkanes of at least 4 members (excludes halogenated alkanes) is 6. The fraction of sp³-hybridized carbons (Fsp3) is 0.818. The van der Waals surface area contributed by atoms with E-state index < -0.39 is 7.12 Å². The molecule has 0 radical (unpaired) electrons. The molecule has 15 heavy (non-hydrogen) atoms. The highest BCUT2D eigenvalue weighted by atomic mass is 16.4. The van der Waals surface area contributed by atoms with Crippen LogP contribution in [0.15, 0.2) is 5.47 Å². The second-order valence-electron chi connectivity index (χ2n) is 3.87. The maximum atomic E-state index is 10.3. The van der Waals surface area contributed by atoms with Crippen LogP contribution in [0.3, 0.4) is 0 Å². The molecule has 0 atom stereocenters. The van der Waals surface area contributed by atoms with Gasteiger partial charge in [0.25, 0.3) is 0 Å². The zero-order chi connectivity index (χ0) is 11.5. The van der Waals surface area contributed by atoms with E-state index in [1.807, 2.05) is 0 Å². The molecule has 0 heterocycles. The van der Waals surface area contributed by atoms with Crippen molar-refractivity contribution in [1.29, 1.82) is 0 Å². The number of allylic oxidation sites excluding steroid dienone is 1. The van der Waals surface area contributed by atoms with Gasteiger partial charge in [0.15, 0.2) is 0 Å². The smallest absolute Gasteiger partial charge is 0.423 e. The quantitative estimate of drug-likeness (QED) is 0.348. The summed E-state index contributed by atoms with van der Waals surface area (Å²) in [4.78, 5) is 10.3. The Bertz CT molecular complexity index is 198. The summed E-state index contributed by atoms with van der Waals surface area (Å²) in [5, 5.41) is 17.5. The van der Waals surface area contributed by atoms with Gasteiger partial charge < -0.3 is 10.0 Å². The lowest BCUT2D eigenvalue weighted by atomic mass is 9.77. The molecule has 2 N–H and O–H groups in total. The van der Waals surface area contributed by atoms with E-state index in [-0.39, 0.29) is 5.47 Å². The topological polar surface area (TPSA) is 57.5 Å². The van der Waals surface area contributed by atoms with Gasteiger partial charge in [-0.3, -0.25) is 0 Å². The minimum Gasteiger partial charge on any atom is -0.423 e. The predicted octanol–water partition coefficient (Wildman–Crippen LogP) is 1.90. The minimum atomic E-state index is -1.62. The van der Waals surface area contributed by atoms with Crippen LogP contribution in [0.2, 0.25) is 0 Å². The molecule has 0 aromatic heterocycles. The molecule has 0 saturated carbocycles. The lowest BCUT2D eigenvalue weighted by molar-refractivity contribution is 0.415. The average Bonchev–Trinajstić information content (AvgIpc) is 2.21. The van der Waals surface area contributed by atoms with E-state index in [1.54, 1.807) is 5.94 Å². The molecule has 0 bridgehead atoms. The van der Waals surface area contributed by atoms with E-state index in [4.69, 9.17) is 10.0 Å². The van der Waals surface area contributed by atoms with Crippen LogP contribution < -0.4 is 0 Å². The fourth-order valence-corrected chi connectivity index (χ4v) is 1.51. The molecule has 86 valence electrons. The first-order chi connectivity index (χ1) is 7.22. The van der Waals surface area contributed by atoms with Gasteiger partial charge >= 0.3 is 7.12 Å². The first kappa shape index (κ1) is 14.4. The monoisotopic (exact) mass is 212 g/mol. The summed E-state index contributed by atoms with van der Waals surface area (Å²) >= 11 is 0. The predicted molar refractivity (Wildman–Crippen MR) is 62.0 cm³/mol. The van der Waals surface area contributed by atoms with Crippen LogP contribution in [0.4, 0.5) is 0 Å². The third-order valence-electron chi connectivity index (χ3n) is 2.49. The molecule has 0 amide bonds. The molecule has 0 aliphatic rings. The molecule has 0 aliphatic carbocycles. The van der Waals surface area contributed by atoms with Crippen LogP contribution in [0.1, 0.15) is 58.3 Å². The van der Waals surface area contributed by atoms with Gasteiger partial charge in [0, 0.05) is 5.47 Å². The molecule has 0 fully saturated rings. The second-order valence-corrected chi connectivity index (χ2v) is 3.87. The third kappa shape index (κ3) is 8.43. The standard InChI is InChI=1S/C11H21BO3/c1-2-3-4-5-6-7-8-9-11(10-13)12(14)15/h14-15H,2-9H2,1H3. The van der Waals surface area contributed by atoms with Crippen molar-refractivity contribution < 1.29 is 14.8 Å². The first-order valence-corrected chi connectivity index (χ1v) is 5.82. The van der Waals surface area contributed by atoms with Crippen LogP contribution in [0.5, 0.6) is 0 Å². The average molecular weight is 212 g/mol. The second kappa shape index (κ2) is 9.97. The van der Waals surface area contributed by atoms with Crippen molar-refractivity contribution in [1.82, 2.24) is 0 Å². The van der Waals surface area contributed by atoms with Gasteiger partial charge in [-0.05, 0) is 12.8 Å². The normalized spacial score (nSPS) is 9.80. The zero-order valence-corrected chi connectivity index (χ0v) is 9.54. The summed E-state index contributed by atoms with van der Waals surface area (Å²) in [6.07, 6.45) is 8.53. The molecule has 0 aliphatic heterocycles. The molecule has 4 heteroatoms. The van der Waals surface area contributed by atoms with Crippen LogP contribution >= 0.6 is 0 Å². The molecule has 0 aromatic carbocycles. The molecular weight excluding hydrogens is 191 g/mol. The molecule has 0 rings (SSSR count). The Kier molecular flexibility index (Phi) is 9.59. The van der Waals surface area contributed by atoms with Gasteiger partial charge in [0.2, 0.25) is 0 Å². The maximum Gasteiger partial charge on any atom is 0.495 e. The van der Waals surface area contributed by atoms with E-state index in [1.165, 1.54) is 25.7 Å². The van der Waals surface area contributed by atoms with Crippen molar-refractivity contribution in [3.8, 4) is 0 Å². The van der Waals surface area contributed by atoms with Gasteiger partial charge in [0.1, 0.15) is 5.94 Å². The van der Waals surface area contributed by atoms with Gasteiger partial charge in [-0.15, -0.1) is 0 Å². The minimum absolute atomic E-state index is 0.0727. The molecule has 3 nitrogen and oxygen atoms in total. The highest BCUT2D eigenvalue weighted by Crippen LogP contribution is 2.11. The number of hydrogen-bond donors (Lipinski definition) is 2. The highest BCUT2D eigenvalue weighted by Gasteiger charge is 2.14. The molecule has 0 aromatic rings. The fourth-order valence-electron chi connectivity index (χ4n) is 1.51. The van der Waals surface area contributed by atoms with Crippen molar-refractivity contribution in [3.63, 3.8) is 0 Å². The Labute approximate surface area is 92.3 Å². The largest absolute Gasteiger partial charge is 0.495 e. The maximum absolute atomic E-state index is 10.3. The Hall–Kier alpha value is -0.565. The van der Waals surface area contributed by atoms with Crippen molar-refractivity contribution >= 4 is 13.1 Å². The molecule has 0 spiro atoms. The lowest BCUT2D eigenvalue weighted by Crippen LogP contribution is -2.15. The van der Waals surface area contributed by atoms with Crippen LogP contribution in [0.25, 0.3) is 0 Å². The van der Waals surface area contributed by atoms with Crippen molar-refractivity contribution in [2.75, 3.05) is 0 Å². The van der Waals surface area contributed by atoms with Gasteiger partial charge in [-0.25, -0.2) is 4.79 Å². The van der Waals surface area contributed by atoms with Crippen LogP contribution in [-0.4, -0.2) is 23.1 Å². The highest BCUT2D eigenvalue weighted by molar-refractivity contribution is 6.52. The molecule has 0 unspecified atom stereocenters. The van der Waals surface area contributed by atoms with E-state index in [9.17, 15) is 4.79 Å². The SMILES string of the molecule is CCCCCCCCCC(=C=O)B(O)O. The number of carbonyl (C=O) groups excluding carboxylic acids is 1. The zero-order valence-electron chi connectivity index (χ0n) is 9.54. The molecular formula is C11H21BO3. The summed E-state index contributed by atoms with van der Waals surface area (Å²) in [6, 6.07) is 0. The third-order valence-corrected chi connectivity index (χ3v) is 2.49. The number of rotatable bonds is 9.